The molecule has 0 aromatic rings. The van der Waals surface area contributed by atoms with Crippen LogP contribution in [0.4, 0.5) is 0 Å². The number of nitrogens with zero attached hydrogens (tertiary/aromatic N) is 5. The number of rotatable bonds is 4. The van der Waals surface area contributed by atoms with Gasteiger partial charge in [-0.15, -0.1) is 24.2 Å². The zero-order valence-electron chi connectivity index (χ0n) is 14.5. The van der Waals surface area contributed by atoms with Gasteiger partial charge in [-0.2, -0.15) is 39.3 Å². The van der Waals surface area contributed by atoms with Crippen molar-refractivity contribution in [2.45, 2.75) is 24.2 Å². The van der Waals surface area contributed by atoms with Gasteiger partial charge in [-0.3, -0.25) is 0 Å². The SMILES string of the molecule is OC[C@@H]1C[N-]CC[N-][C@@H](CO)C[N-][C@H](CO)C[N-][C@@H](CO)C[N-]1.[Cl][Mn][Cl].[HH].[HH].[HH]. The Morgan fingerprint density at radius 1 is 0.654 bits per heavy atom. The number of aliphatic hydroxyl groups excluding tert-OH is 4. The molecule has 1 fully saturated rings. The van der Waals surface area contributed by atoms with Crippen molar-refractivity contribution in [3.8, 4) is 0 Å². The van der Waals surface area contributed by atoms with Crippen LogP contribution in [0.25, 0.3) is 26.6 Å². The number of hydrogen-bond donors (Lipinski definition) is 4. The summed E-state index contributed by atoms with van der Waals surface area (Å²) in [4.78, 5) is 0. The van der Waals surface area contributed by atoms with Gasteiger partial charge in [0.05, 0.1) is 0 Å². The van der Waals surface area contributed by atoms with Crippen LogP contribution < -0.4 is 0 Å². The van der Waals surface area contributed by atoms with E-state index in [0.717, 1.165) is 0 Å². The summed E-state index contributed by atoms with van der Waals surface area (Å²) in [6.45, 7) is 1.79. The molecule has 0 spiro atoms. The molecule has 1 saturated heterocycles. The van der Waals surface area contributed by atoms with E-state index in [9.17, 15) is 20.4 Å². The van der Waals surface area contributed by atoms with Gasteiger partial charge in [0.25, 0.3) is 0 Å². The summed E-state index contributed by atoms with van der Waals surface area (Å²) in [6.07, 6.45) is 0. The maximum absolute atomic E-state index is 9.36. The van der Waals surface area contributed by atoms with Crippen molar-refractivity contribution in [2.24, 2.45) is 0 Å². The zero-order chi connectivity index (χ0) is 19.6. The summed E-state index contributed by atoms with van der Waals surface area (Å²) in [7, 11) is 9.59. The molecule has 0 aromatic carbocycles. The van der Waals surface area contributed by atoms with Crippen LogP contribution in [0.2, 0.25) is 0 Å². The molecule has 0 aromatic heterocycles. The minimum atomic E-state index is -0.378. The van der Waals surface area contributed by atoms with Gasteiger partial charge < -0.3 is 47.0 Å². The minimum absolute atomic E-state index is 0. The average molecular weight is 462 g/mol. The molecule has 0 unspecified atom stereocenters. The van der Waals surface area contributed by atoms with Gasteiger partial charge in [0.1, 0.15) is 0 Å². The Hall–Kier alpha value is 0.739. The van der Waals surface area contributed by atoms with Gasteiger partial charge >= 0.3 is 33.3 Å². The molecular formula is C14H34Cl2MnN5O4-5. The molecule has 26 heavy (non-hydrogen) atoms. The Bertz CT molecular complexity index is 304. The van der Waals surface area contributed by atoms with Gasteiger partial charge in [0, 0.05) is 30.7 Å². The maximum Gasteiger partial charge on any atom is 0 e. The van der Waals surface area contributed by atoms with Crippen LogP contribution in [0.3, 0.4) is 0 Å². The number of hydrogen-bond acceptors (Lipinski definition) is 4. The molecule has 4 atom stereocenters. The molecule has 0 bridgehead atoms. The van der Waals surface area contributed by atoms with Crippen LogP contribution in [0.1, 0.15) is 4.28 Å². The molecule has 1 rings (SSSR count). The monoisotopic (exact) mass is 461 g/mol. The predicted octanol–water partition coefficient (Wildman–Crippen LogP) is 1.43. The van der Waals surface area contributed by atoms with Gasteiger partial charge in [0.2, 0.25) is 0 Å². The normalized spacial score (nSPS) is 29.8. The number of aliphatic hydroxyl groups is 4. The summed E-state index contributed by atoms with van der Waals surface area (Å²) in [6, 6.07) is -1.37. The second kappa shape index (κ2) is 19.1. The van der Waals surface area contributed by atoms with E-state index in [1.54, 1.807) is 0 Å². The van der Waals surface area contributed by atoms with Crippen molar-refractivity contribution in [2.75, 3.05) is 65.7 Å². The summed E-state index contributed by atoms with van der Waals surface area (Å²) in [5.74, 6) is 0. The molecule has 4 N–H and O–H groups in total. The van der Waals surface area contributed by atoms with Gasteiger partial charge in [0.15, 0.2) is 0 Å². The molecule has 9 nitrogen and oxygen atoms in total. The number of halogens is 2. The first-order chi connectivity index (χ1) is 12.6. The first-order valence-corrected chi connectivity index (χ1v) is 11.5. The first-order valence-electron chi connectivity index (χ1n) is 8.25. The Morgan fingerprint density at radius 3 is 1.38 bits per heavy atom. The molecule has 1 heterocycles. The minimum Gasteiger partial charge on any atom is 0 e. The molecule has 1 aliphatic heterocycles. The Balaban J connectivity index is -0.000000489. The molecule has 0 saturated carbocycles. The third-order valence-electron chi connectivity index (χ3n) is 3.55. The van der Waals surface area contributed by atoms with E-state index in [-0.39, 0.29) is 74.6 Å². The van der Waals surface area contributed by atoms with Gasteiger partial charge in [-0.05, 0) is 0 Å². The van der Waals surface area contributed by atoms with E-state index in [1.807, 2.05) is 0 Å². The van der Waals surface area contributed by atoms with E-state index >= 15 is 0 Å². The van der Waals surface area contributed by atoms with Crippen LogP contribution in [0, 0.1) is 0 Å². The molecule has 165 valence electrons. The third-order valence-corrected chi connectivity index (χ3v) is 3.55. The van der Waals surface area contributed by atoms with E-state index in [2.05, 4.69) is 26.6 Å². The second-order valence-corrected chi connectivity index (χ2v) is 7.48. The smallest absolute Gasteiger partial charge is 0 e. The second-order valence-electron chi connectivity index (χ2n) is 5.53. The topological polar surface area (TPSA) is 151 Å². The van der Waals surface area contributed by atoms with Crippen LogP contribution in [0.15, 0.2) is 0 Å². The van der Waals surface area contributed by atoms with Gasteiger partial charge in [-0.1, -0.05) is 0 Å². The van der Waals surface area contributed by atoms with E-state index < -0.39 is 0 Å². The maximum atomic E-state index is 9.36. The fourth-order valence-electron chi connectivity index (χ4n) is 2.06. The Labute approximate surface area is 174 Å². The van der Waals surface area contributed by atoms with Crippen molar-refractivity contribution < 1.29 is 37.8 Å². The largest absolute Gasteiger partial charge is 0 e. The average Bonchev–Trinajstić information content (AvgIpc) is 2.66. The predicted molar refractivity (Wildman–Crippen MR) is 108 cm³/mol. The Kier molecular flexibility index (Phi) is 19.6. The van der Waals surface area contributed by atoms with Crippen molar-refractivity contribution in [1.29, 1.82) is 0 Å². The van der Waals surface area contributed by atoms with Crippen molar-refractivity contribution in [3.63, 3.8) is 0 Å². The summed E-state index contributed by atoms with van der Waals surface area (Å²) < 4.78 is 0. The fraction of sp³-hybridized carbons (Fsp3) is 1.00. The molecule has 0 amide bonds. The fourth-order valence-corrected chi connectivity index (χ4v) is 2.06. The van der Waals surface area contributed by atoms with E-state index in [4.69, 9.17) is 20.2 Å². The molecule has 0 aliphatic carbocycles. The molecule has 0 radical (unpaired) electrons. The van der Waals surface area contributed by atoms with Crippen molar-refractivity contribution in [1.82, 2.24) is 0 Å². The van der Waals surface area contributed by atoms with Gasteiger partial charge in [-0.25, -0.2) is 0 Å². The quantitative estimate of drug-likeness (QED) is 0.467. The van der Waals surface area contributed by atoms with Crippen LogP contribution in [-0.2, 0) is 13.1 Å². The van der Waals surface area contributed by atoms with Crippen molar-refractivity contribution >= 4 is 20.2 Å². The first kappa shape index (κ1) is 26.7. The zero-order valence-corrected chi connectivity index (χ0v) is 17.2. The van der Waals surface area contributed by atoms with E-state index in [1.165, 1.54) is 0 Å². The standard InChI is InChI=1S/C14H28N5O4.2ClH.Mn.3H2/c20-7-11-3-15-1-2-16-12(8-21)4-18-14(10-23)6-19-13(9-22)5-17-11;;;;;;/h11-14,20-23H,1-10H2;2*1H;;3*1H/q-5;;;+2;;;/p-2/t11-,12+,13+,14-;;;;;;/m0....../s1. The third kappa shape index (κ3) is 13.8. The molecule has 1 aliphatic rings. The summed E-state index contributed by atoms with van der Waals surface area (Å²) >= 11 is 0.00694. The van der Waals surface area contributed by atoms with E-state index in [0.29, 0.717) is 32.7 Å². The molecular weight excluding hydrogens is 428 g/mol. The summed E-state index contributed by atoms with van der Waals surface area (Å²) in [5.41, 5.74) is 0. The Morgan fingerprint density at radius 2 is 1.00 bits per heavy atom. The summed E-state index contributed by atoms with van der Waals surface area (Å²) in [5, 5.41) is 58.9. The van der Waals surface area contributed by atoms with Crippen LogP contribution in [-0.4, -0.2) is 110 Å². The molecule has 12 heteroatoms. The van der Waals surface area contributed by atoms with Crippen LogP contribution >= 0.6 is 20.2 Å². The van der Waals surface area contributed by atoms with Crippen LogP contribution in [0.5, 0.6) is 0 Å². The van der Waals surface area contributed by atoms with Crippen molar-refractivity contribution in [3.05, 3.63) is 26.6 Å².